The second-order valence-electron chi connectivity index (χ2n) is 2.82. The van der Waals surface area contributed by atoms with E-state index in [0.29, 0.717) is 24.6 Å². The predicted octanol–water partition coefficient (Wildman–Crippen LogP) is 3.18. The van der Waals surface area contributed by atoms with Crippen LogP contribution < -0.4 is 0 Å². The molecule has 0 radical (unpaired) electrons. The fourth-order valence-corrected chi connectivity index (χ4v) is 1.07. The lowest BCUT2D eigenvalue weighted by molar-refractivity contribution is 0.322. The Kier molecular flexibility index (Phi) is 7.59. The largest absolute Gasteiger partial charge is 0.507 e. The molecule has 0 bridgehead atoms. The van der Waals surface area contributed by atoms with Crippen LogP contribution in [0.3, 0.4) is 0 Å². The number of nitrogens with zero attached hydrogens (tertiary/aromatic N) is 1. The van der Waals surface area contributed by atoms with E-state index >= 15 is 0 Å². The summed E-state index contributed by atoms with van der Waals surface area (Å²) in [5, 5.41) is 9.78. The molecule has 0 aliphatic rings. The molecular formula is C13H19NO2. The Morgan fingerprint density at radius 2 is 1.88 bits per heavy atom. The summed E-state index contributed by atoms with van der Waals surface area (Å²) in [5.74, 6) is 0.482. The van der Waals surface area contributed by atoms with Crippen LogP contribution in [0.4, 0.5) is 0 Å². The van der Waals surface area contributed by atoms with Gasteiger partial charge in [-0.25, -0.2) is 0 Å². The topological polar surface area (TPSA) is 41.8 Å². The molecule has 3 heteroatoms. The minimum absolute atomic E-state index is 0.0653. The van der Waals surface area contributed by atoms with Crippen LogP contribution in [0.2, 0.25) is 0 Å². The SMILES string of the molecule is C=C\C=C(O)/C(=C\C=C)C(=N/CC)/OCC. The van der Waals surface area contributed by atoms with Crippen LogP contribution in [-0.2, 0) is 4.74 Å². The molecule has 3 nitrogen and oxygen atoms in total. The van der Waals surface area contributed by atoms with Gasteiger partial charge in [-0.3, -0.25) is 4.99 Å². The van der Waals surface area contributed by atoms with E-state index in [-0.39, 0.29) is 5.76 Å². The molecule has 0 spiro atoms. The van der Waals surface area contributed by atoms with Crippen molar-refractivity contribution < 1.29 is 9.84 Å². The van der Waals surface area contributed by atoms with Crippen molar-refractivity contribution in [3.8, 4) is 0 Å². The Labute approximate surface area is 97.2 Å². The second kappa shape index (κ2) is 8.53. The highest BCUT2D eigenvalue weighted by atomic mass is 16.5. The summed E-state index contributed by atoms with van der Waals surface area (Å²) in [7, 11) is 0. The van der Waals surface area contributed by atoms with Gasteiger partial charge >= 0.3 is 0 Å². The standard InChI is InChI=1S/C13H19NO2/c1-5-9-11(12(15)10-6-2)13(14-7-3)16-8-4/h5-6,9-10,15H,1-2,7-8H2,3-4H3/b11-9+,12-10+,14-13-. The third-order valence-electron chi connectivity index (χ3n) is 1.65. The lowest BCUT2D eigenvalue weighted by atomic mass is 10.2. The molecule has 16 heavy (non-hydrogen) atoms. The molecule has 0 fully saturated rings. The van der Waals surface area contributed by atoms with E-state index < -0.39 is 0 Å². The first kappa shape index (κ1) is 14.2. The quantitative estimate of drug-likeness (QED) is 0.324. The van der Waals surface area contributed by atoms with E-state index in [9.17, 15) is 5.11 Å². The van der Waals surface area contributed by atoms with Gasteiger partial charge in [0, 0.05) is 6.54 Å². The van der Waals surface area contributed by atoms with Crippen molar-refractivity contribution in [3.63, 3.8) is 0 Å². The summed E-state index contributed by atoms with van der Waals surface area (Å²) in [6.45, 7) is 12.0. The third-order valence-corrected chi connectivity index (χ3v) is 1.65. The van der Waals surface area contributed by atoms with Gasteiger partial charge in [-0.05, 0) is 26.0 Å². The Morgan fingerprint density at radius 1 is 1.25 bits per heavy atom. The molecule has 0 saturated carbocycles. The molecule has 0 aliphatic carbocycles. The van der Waals surface area contributed by atoms with Crippen molar-refractivity contribution in [1.29, 1.82) is 0 Å². The molecule has 88 valence electrons. The molecule has 0 aromatic carbocycles. The molecule has 0 aliphatic heterocycles. The summed E-state index contributed by atoms with van der Waals surface area (Å²) in [6.07, 6.45) is 6.22. The van der Waals surface area contributed by atoms with E-state index in [1.165, 1.54) is 12.2 Å². The first-order chi connectivity index (χ1) is 7.71. The zero-order chi connectivity index (χ0) is 12.4. The zero-order valence-corrected chi connectivity index (χ0v) is 9.94. The van der Waals surface area contributed by atoms with E-state index in [0.717, 1.165) is 0 Å². The van der Waals surface area contributed by atoms with Crippen LogP contribution in [0.15, 0.2) is 53.8 Å². The Balaban J connectivity index is 5.23. The summed E-state index contributed by atoms with van der Waals surface area (Å²) >= 11 is 0. The Hall–Kier alpha value is -1.77. The highest BCUT2D eigenvalue weighted by Gasteiger charge is 2.11. The van der Waals surface area contributed by atoms with E-state index in [4.69, 9.17) is 4.74 Å². The van der Waals surface area contributed by atoms with Gasteiger partial charge in [-0.15, -0.1) is 0 Å². The first-order valence-electron chi connectivity index (χ1n) is 5.23. The van der Waals surface area contributed by atoms with Gasteiger partial charge in [0.15, 0.2) is 0 Å². The number of aliphatic hydroxyl groups is 1. The van der Waals surface area contributed by atoms with Crippen LogP contribution in [0, 0.1) is 0 Å². The molecule has 0 unspecified atom stereocenters. The second-order valence-corrected chi connectivity index (χ2v) is 2.82. The minimum atomic E-state index is 0.0653. The van der Waals surface area contributed by atoms with E-state index in [1.807, 2.05) is 13.8 Å². The first-order valence-corrected chi connectivity index (χ1v) is 5.23. The maximum atomic E-state index is 9.78. The number of allylic oxidation sites excluding steroid dienone is 4. The maximum absolute atomic E-state index is 9.78. The summed E-state index contributed by atoms with van der Waals surface area (Å²) in [6, 6.07) is 0. The van der Waals surface area contributed by atoms with Gasteiger partial charge in [0.25, 0.3) is 0 Å². The maximum Gasteiger partial charge on any atom is 0.219 e. The molecule has 1 N–H and O–H groups in total. The van der Waals surface area contributed by atoms with Crippen LogP contribution >= 0.6 is 0 Å². The number of aliphatic imine (C=N–C) groups is 1. The van der Waals surface area contributed by atoms with Crippen molar-refractivity contribution in [1.82, 2.24) is 0 Å². The van der Waals surface area contributed by atoms with Crippen molar-refractivity contribution in [3.05, 3.63) is 48.8 Å². The Morgan fingerprint density at radius 3 is 2.31 bits per heavy atom. The van der Waals surface area contributed by atoms with Crippen molar-refractivity contribution in [2.45, 2.75) is 13.8 Å². The van der Waals surface area contributed by atoms with Gasteiger partial charge in [0.2, 0.25) is 5.90 Å². The predicted molar refractivity (Wildman–Crippen MR) is 68.8 cm³/mol. The van der Waals surface area contributed by atoms with Gasteiger partial charge < -0.3 is 9.84 Å². The average Bonchev–Trinajstić information content (AvgIpc) is 2.26. The molecule has 0 heterocycles. The number of hydrogen-bond donors (Lipinski definition) is 1. The van der Waals surface area contributed by atoms with E-state index in [2.05, 4.69) is 18.2 Å². The van der Waals surface area contributed by atoms with Gasteiger partial charge in [0.1, 0.15) is 5.76 Å². The molecular weight excluding hydrogens is 202 g/mol. The monoisotopic (exact) mass is 221 g/mol. The fraction of sp³-hybridized carbons (Fsp3) is 0.308. The normalized spacial score (nSPS) is 13.5. The molecule has 0 aromatic rings. The lowest BCUT2D eigenvalue weighted by Crippen LogP contribution is -2.11. The number of aliphatic hydroxyl groups excluding tert-OH is 1. The van der Waals surface area contributed by atoms with Crippen molar-refractivity contribution in [2.75, 3.05) is 13.2 Å². The number of ether oxygens (including phenoxy) is 1. The third kappa shape index (κ3) is 4.64. The highest BCUT2D eigenvalue weighted by molar-refractivity contribution is 5.97. The zero-order valence-electron chi connectivity index (χ0n) is 9.94. The van der Waals surface area contributed by atoms with E-state index in [1.54, 1.807) is 12.2 Å². The lowest BCUT2D eigenvalue weighted by Gasteiger charge is -2.10. The Bertz CT molecular complexity index is 325. The molecule has 0 rings (SSSR count). The molecule has 0 saturated heterocycles. The highest BCUT2D eigenvalue weighted by Crippen LogP contribution is 2.11. The van der Waals surface area contributed by atoms with Crippen molar-refractivity contribution >= 4 is 5.90 Å². The van der Waals surface area contributed by atoms with Crippen LogP contribution in [0.5, 0.6) is 0 Å². The van der Waals surface area contributed by atoms with Crippen molar-refractivity contribution in [2.24, 2.45) is 4.99 Å². The smallest absolute Gasteiger partial charge is 0.219 e. The number of hydrogen-bond acceptors (Lipinski definition) is 3. The molecule has 0 amide bonds. The number of rotatable bonds is 6. The average molecular weight is 221 g/mol. The van der Waals surface area contributed by atoms with Gasteiger partial charge in [-0.2, -0.15) is 0 Å². The molecule has 0 atom stereocenters. The fourth-order valence-electron chi connectivity index (χ4n) is 1.07. The van der Waals surface area contributed by atoms with Crippen LogP contribution in [-0.4, -0.2) is 24.2 Å². The van der Waals surface area contributed by atoms with Crippen LogP contribution in [0.1, 0.15) is 13.8 Å². The summed E-state index contributed by atoms with van der Waals surface area (Å²) < 4.78 is 5.36. The summed E-state index contributed by atoms with van der Waals surface area (Å²) in [4.78, 5) is 4.18. The van der Waals surface area contributed by atoms with Gasteiger partial charge in [-0.1, -0.05) is 25.3 Å². The van der Waals surface area contributed by atoms with Gasteiger partial charge in [0.05, 0.1) is 12.2 Å². The minimum Gasteiger partial charge on any atom is -0.507 e. The summed E-state index contributed by atoms with van der Waals surface area (Å²) in [5.41, 5.74) is 0.513. The molecule has 0 aromatic heterocycles. The van der Waals surface area contributed by atoms with Crippen LogP contribution in [0.25, 0.3) is 0 Å².